The van der Waals surface area contributed by atoms with Crippen LogP contribution in [0.3, 0.4) is 0 Å². The zero-order valence-electron chi connectivity index (χ0n) is 10.8. The van der Waals surface area contributed by atoms with E-state index in [2.05, 4.69) is 70.4 Å². The molecule has 1 aromatic heterocycles. The first kappa shape index (κ1) is 13.5. The highest BCUT2D eigenvalue weighted by atomic mass is 127. The molecule has 0 amide bonds. The van der Waals surface area contributed by atoms with E-state index in [-0.39, 0.29) is 0 Å². The second-order valence-electron chi connectivity index (χ2n) is 4.36. The fourth-order valence-electron chi connectivity index (χ4n) is 1.97. The van der Waals surface area contributed by atoms with Gasteiger partial charge in [0.05, 0.1) is 5.69 Å². The van der Waals surface area contributed by atoms with Gasteiger partial charge >= 0.3 is 0 Å². The Kier molecular flexibility index (Phi) is 4.77. The van der Waals surface area contributed by atoms with Gasteiger partial charge in [-0.2, -0.15) is 5.10 Å². The Morgan fingerprint density at radius 1 is 1.22 bits per heavy atom. The standard InChI is InChI=1S/C14H18IN3/c1-3-14-12(10-18(2)17-14)9-16-8-11-4-6-13(15)7-5-11/h4-7,10,16H,3,8-9H2,1-2H3. The normalized spacial score (nSPS) is 10.8. The molecule has 0 bridgehead atoms. The van der Waals surface area contributed by atoms with E-state index in [0.717, 1.165) is 19.5 Å². The number of benzene rings is 1. The molecule has 2 aromatic rings. The second kappa shape index (κ2) is 6.33. The summed E-state index contributed by atoms with van der Waals surface area (Å²) >= 11 is 2.32. The Labute approximate surface area is 122 Å². The summed E-state index contributed by atoms with van der Waals surface area (Å²) in [4.78, 5) is 0. The van der Waals surface area contributed by atoms with Crippen molar-refractivity contribution >= 4 is 22.6 Å². The molecule has 3 nitrogen and oxygen atoms in total. The summed E-state index contributed by atoms with van der Waals surface area (Å²) in [5, 5.41) is 7.91. The molecule has 4 heteroatoms. The zero-order chi connectivity index (χ0) is 13.0. The van der Waals surface area contributed by atoms with Gasteiger partial charge in [-0.3, -0.25) is 4.68 Å². The van der Waals surface area contributed by atoms with Crippen molar-refractivity contribution in [3.8, 4) is 0 Å². The molecule has 0 saturated carbocycles. The molecule has 0 aliphatic heterocycles. The van der Waals surface area contributed by atoms with Crippen molar-refractivity contribution in [2.75, 3.05) is 0 Å². The third-order valence-electron chi connectivity index (χ3n) is 2.88. The van der Waals surface area contributed by atoms with E-state index in [0.29, 0.717) is 0 Å². The van der Waals surface area contributed by atoms with Crippen LogP contribution in [0.4, 0.5) is 0 Å². The largest absolute Gasteiger partial charge is 0.308 e. The van der Waals surface area contributed by atoms with Gasteiger partial charge < -0.3 is 5.32 Å². The zero-order valence-corrected chi connectivity index (χ0v) is 12.9. The van der Waals surface area contributed by atoms with Crippen molar-refractivity contribution < 1.29 is 0 Å². The first-order chi connectivity index (χ1) is 8.69. The summed E-state index contributed by atoms with van der Waals surface area (Å²) in [6.07, 6.45) is 3.08. The molecule has 0 spiro atoms. The number of aryl methyl sites for hydroxylation is 2. The molecule has 18 heavy (non-hydrogen) atoms. The van der Waals surface area contributed by atoms with Gasteiger partial charge in [0.2, 0.25) is 0 Å². The van der Waals surface area contributed by atoms with Crippen molar-refractivity contribution in [2.45, 2.75) is 26.4 Å². The number of aromatic nitrogens is 2. The molecule has 1 aromatic carbocycles. The van der Waals surface area contributed by atoms with Gasteiger partial charge in [0.15, 0.2) is 0 Å². The van der Waals surface area contributed by atoms with Gasteiger partial charge in [-0.25, -0.2) is 0 Å². The molecule has 2 rings (SSSR count). The van der Waals surface area contributed by atoms with E-state index in [4.69, 9.17) is 0 Å². The van der Waals surface area contributed by atoms with Crippen molar-refractivity contribution in [3.05, 3.63) is 50.9 Å². The van der Waals surface area contributed by atoms with Crippen molar-refractivity contribution in [1.29, 1.82) is 0 Å². The number of nitrogens with one attached hydrogen (secondary N) is 1. The summed E-state index contributed by atoms with van der Waals surface area (Å²) in [7, 11) is 1.97. The van der Waals surface area contributed by atoms with Crippen LogP contribution in [-0.4, -0.2) is 9.78 Å². The molecule has 0 fully saturated rings. The van der Waals surface area contributed by atoms with Gasteiger partial charge in [0.1, 0.15) is 0 Å². The third kappa shape index (κ3) is 3.55. The molecule has 0 saturated heterocycles. The van der Waals surface area contributed by atoms with Crippen LogP contribution in [0.5, 0.6) is 0 Å². The Morgan fingerprint density at radius 3 is 2.61 bits per heavy atom. The number of hydrogen-bond donors (Lipinski definition) is 1. The van der Waals surface area contributed by atoms with Gasteiger partial charge in [-0.15, -0.1) is 0 Å². The number of rotatable bonds is 5. The minimum atomic E-state index is 0.878. The van der Waals surface area contributed by atoms with E-state index in [1.807, 2.05) is 11.7 Å². The molecule has 0 aliphatic rings. The Morgan fingerprint density at radius 2 is 1.94 bits per heavy atom. The predicted molar refractivity (Wildman–Crippen MR) is 82.3 cm³/mol. The number of hydrogen-bond acceptors (Lipinski definition) is 2. The van der Waals surface area contributed by atoms with E-state index in [1.165, 1.54) is 20.4 Å². The van der Waals surface area contributed by atoms with E-state index in [1.54, 1.807) is 0 Å². The summed E-state index contributed by atoms with van der Waals surface area (Å²) < 4.78 is 3.16. The molecule has 1 N–H and O–H groups in total. The fraction of sp³-hybridized carbons (Fsp3) is 0.357. The van der Waals surface area contributed by atoms with Gasteiger partial charge in [-0.1, -0.05) is 19.1 Å². The summed E-state index contributed by atoms with van der Waals surface area (Å²) in [5.74, 6) is 0. The summed E-state index contributed by atoms with van der Waals surface area (Å²) in [6, 6.07) is 8.61. The molecule has 96 valence electrons. The van der Waals surface area contributed by atoms with Crippen LogP contribution in [-0.2, 0) is 26.6 Å². The van der Waals surface area contributed by atoms with Crippen LogP contribution in [0, 0.1) is 3.57 Å². The summed E-state index contributed by atoms with van der Waals surface area (Å²) in [5.41, 5.74) is 3.80. The van der Waals surface area contributed by atoms with E-state index in [9.17, 15) is 0 Å². The Hall–Kier alpha value is -0.880. The van der Waals surface area contributed by atoms with Crippen molar-refractivity contribution in [2.24, 2.45) is 7.05 Å². The van der Waals surface area contributed by atoms with E-state index >= 15 is 0 Å². The van der Waals surface area contributed by atoms with Crippen molar-refractivity contribution in [3.63, 3.8) is 0 Å². The molecule has 0 atom stereocenters. The molecule has 1 heterocycles. The lowest BCUT2D eigenvalue weighted by molar-refractivity contribution is 0.688. The fourth-order valence-corrected chi connectivity index (χ4v) is 2.33. The molecule has 0 radical (unpaired) electrons. The number of nitrogens with zero attached hydrogens (tertiary/aromatic N) is 2. The molecular formula is C14H18IN3. The van der Waals surface area contributed by atoms with Crippen LogP contribution >= 0.6 is 22.6 Å². The van der Waals surface area contributed by atoms with Crippen LogP contribution in [0.25, 0.3) is 0 Å². The first-order valence-electron chi connectivity index (χ1n) is 6.15. The summed E-state index contributed by atoms with van der Waals surface area (Å²) in [6.45, 7) is 3.92. The maximum absolute atomic E-state index is 4.44. The quantitative estimate of drug-likeness (QED) is 0.836. The third-order valence-corrected chi connectivity index (χ3v) is 3.60. The minimum absolute atomic E-state index is 0.878. The maximum Gasteiger partial charge on any atom is 0.0666 e. The van der Waals surface area contributed by atoms with Crippen LogP contribution in [0.2, 0.25) is 0 Å². The van der Waals surface area contributed by atoms with Crippen LogP contribution < -0.4 is 5.32 Å². The lowest BCUT2D eigenvalue weighted by Crippen LogP contribution is -2.13. The number of halogens is 1. The average Bonchev–Trinajstić information content (AvgIpc) is 2.72. The van der Waals surface area contributed by atoms with Crippen LogP contribution in [0.15, 0.2) is 30.5 Å². The average molecular weight is 355 g/mol. The van der Waals surface area contributed by atoms with Gasteiger partial charge in [0, 0.05) is 35.5 Å². The predicted octanol–water partition coefficient (Wildman–Crippen LogP) is 2.88. The Balaban J connectivity index is 1.90. The Bertz CT molecular complexity index is 502. The SMILES string of the molecule is CCc1nn(C)cc1CNCc1ccc(I)cc1. The molecule has 0 unspecified atom stereocenters. The van der Waals surface area contributed by atoms with E-state index < -0.39 is 0 Å². The smallest absolute Gasteiger partial charge is 0.0666 e. The van der Waals surface area contributed by atoms with Gasteiger partial charge in [0.25, 0.3) is 0 Å². The van der Waals surface area contributed by atoms with Crippen LogP contribution in [0.1, 0.15) is 23.7 Å². The lowest BCUT2D eigenvalue weighted by atomic mass is 10.2. The minimum Gasteiger partial charge on any atom is -0.308 e. The lowest BCUT2D eigenvalue weighted by Gasteiger charge is -2.04. The van der Waals surface area contributed by atoms with Crippen molar-refractivity contribution in [1.82, 2.24) is 15.1 Å². The monoisotopic (exact) mass is 355 g/mol. The molecular weight excluding hydrogens is 337 g/mol. The highest BCUT2D eigenvalue weighted by Gasteiger charge is 2.04. The topological polar surface area (TPSA) is 29.9 Å². The highest BCUT2D eigenvalue weighted by molar-refractivity contribution is 14.1. The van der Waals surface area contributed by atoms with Gasteiger partial charge in [-0.05, 0) is 46.7 Å². The maximum atomic E-state index is 4.44. The second-order valence-corrected chi connectivity index (χ2v) is 5.60. The first-order valence-corrected chi connectivity index (χ1v) is 7.23. The molecule has 0 aliphatic carbocycles. The highest BCUT2D eigenvalue weighted by Crippen LogP contribution is 2.09.